The van der Waals surface area contributed by atoms with Gasteiger partial charge >= 0.3 is 0 Å². The Hall–Kier alpha value is -2.92. The smallest absolute Gasteiger partial charge is 0.168 e. The van der Waals surface area contributed by atoms with E-state index in [-0.39, 0.29) is 6.04 Å². The molecule has 0 aliphatic rings. The zero-order valence-corrected chi connectivity index (χ0v) is 16.9. The molecule has 5 nitrogen and oxygen atoms in total. The molecule has 0 N–H and O–H groups in total. The lowest BCUT2D eigenvalue weighted by Crippen LogP contribution is -2.31. The Labute approximate surface area is 169 Å². The first-order chi connectivity index (χ1) is 13.5. The van der Waals surface area contributed by atoms with Gasteiger partial charge < -0.3 is 4.90 Å². The average Bonchev–Trinajstić information content (AvgIpc) is 3.13. The molecule has 142 valence electrons. The number of halogens is 1. The van der Waals surface area contributed by atoms with Gasteiger partial charge in [0.2, 0.25) is 0 Å². The molecular weight excluding hydrogens is 370 g/mol. The topological polar surface area (TPSA) is 46.8 Å². The van der Waals surface area contributed by atoms with Gasteiger partial charge in [-0.15, -0.1) is 0 Å². The molecule has 0 spiro atoms. The molecule has 2 aromatic carbocycles. The van der Waals surface area contributed by atoms with Crippen LogP contribution in [0.15, 0.2) is 61.1 Å². The molecular formula is C22H22ClN5. The van der Waals surface area contributed by atoms with Crippen molar-refractivity contribution in [2.75, 3.05) is 4.90 Å². The van der Waals surface area contributed by atoms with E-state index in [1.54, 1.807) is 6.33 Å². The van der Waals surface area contributed by atoms with Gasteiger partial charge in [0.1, 0.15) is 12.1 Å². The van der Waals surface area contributed by atoms with Gasteiger partial charge in [-0.05, 0) is 44.0 Å². The molecule has 0 fully saturated rings. The maximum absolute atomic E-state index is 6.31. The normalized spacial score (nSPS) is 11.3. The van der Waals surface area contributed by atoms with Crippen molar-refractivity contribution in [3.8, 4) is 5.69 Å². The number of nitrogens with zero attached hydrogens (tertiary/aromatic N) is 5. The van der Waals surface area contributed by atoms with Crippen LogP contribution in [-0.2, 0) is 6.54 Å². The summed E-state index contributed by atoms with van der Waals surface area (Å²) in [6.45, 7) is 7.09. The Morgan fingerprint density at radius 2 is 1.86 bits per heavy atom. The van der Waals surface area contributed by atoms with Gasteiger partial charge in [-0.2, -0.15) is 5.10 Å². The SMILES string of the molecule is Cc1ccc(-n2ncc3c(N(Cc4ccccc4)C(C)C)ncnc32)cc1Cl. The van der Waals surface area contributed by atoms with Crippen LogP contribution in [0.1, 0.15) is 25.0 Å². The van der Waals surface area contributed by atoms with Crippen molar-refractivity contribution in [3.05, 3.63) is 77.2 Å². The second-order valence-electron chi connectivity index (χ2n) is 7.13. The summed E-state index contributed by atoms with van der Waals surface area (Å²) < 4.78 is 1.81. The zero-order chi connectivity index (χ0) is 19.7. The van der Waals surface area contributed by atoms with Crippen molar-refractivity contribution in [1.82, 2.24) is 19.7 Å². The number of benzene rings is 2. The predicted molar refractivity (Wildman–Crippen MR) is 114 cm³/mol. The van der Waals surface area contributed by atoms with Gasteiger partial charge in [0.25, 0.3) is 0 Å². The van der Waals surface area contributed by atoms with Gasteiger partial charge in [-0.25, -0.2) is 14.6 Å². The fourth-order valence-corrected chi connectivity index (χ4v) is 3.42. The van der Waals surface area contributed by atoms with E-state index in [1.165, 1.54) is 5.56 Å². The van der Waals surface area contributed by atoms with Gasteiger partial charge in [0, 0.05) is 17.6 Å². The molecule has 0 radical (unpaired) electrons. The molecule has 6 heteroatoms. The van der Waals surface area contributed by atoms with Crippen molar-refractivity contribution < 1.29 is 0 Å². The van der Waals surface area contributed by atoms with Crippen LogP contribution >= 0.6 is 11.6 Å². The van der Waals surface area contributed by atoms with E-state index in [1.807, 2.05) is 42.1 Å². The third-order valence-electron chi connectivity index (χ3n) is 4.84. The van der Waals surface area contributed by atoms with Crippen LogP contribution in [0.3, 0.4) is 0 Å². The van der Waals surface area contributed by atoms with E-state index >= 15 is 0 Å². The van der Waals surface area contributed by atoms with Crippen LogP contribution < -0.4 is 4.90 Å². The lowest BCUT2D eigenvalue weighted by atomic mass is 10.2. The van der Waals surface area contributed by atoms with Crippen molar-refractivity contribution in [3.63, 3.8) is 0 Å². The van der Waals surface area contributed by atoms with Crippen LogP contribution in [0.25, 0.3) is 16.7 Å². The molecule has 0 aliphatic carbocycles. The minimum absolute atomic E-state index is 0.274. The minimum atomic E-state index is 0.274. The van der Waals surface area contributed by atoms with Crippen LogP contribution in [0.4, 0.5) is 5.82 Å². The highest BCUT2D eigenvalue weighted by Crippen LogP contribution is 2.28. The number of aromatic nitrogens is 4. The Morgan fingerprint density at radius 1 is 1.07 bits per heavy atom. The molecule has 0 aliphatic heterocycles. The summed E-state index contributed by atoms with van der Waals surface area (Å²) in [5.41, 5.74) is 3.92. The fraction of sp³-hybridized carbons (Fsp3) is 0.227. The lowest BCUT2D eigenvalue weighted by molar-refractivity contribution is 0.674. The summed E-state index contributed by atoms with van der Waals surface area (Å²) in [6, 6.07) is 16.6. The predicted octanol–water partition coefficient (Wildman–Crippen LogP) is 5.19. The van der Waals surface area contributed by atoms with E-state index in [0.29, 0.717) is 5.02 Å². The largest absolute Gasteiger partial charge is 0.349 e. The Kier molecular flexibility index (Phi) is 5.01. The minimum Gasteiger partial charge on any atom is -0.349 e. The third-order valence-corrected chi connectivity index (χ3v) is 5.24. The molecule has 28 heavy (non-hydrogen) atoms. The van der Waals surface area contributed by atoms with E-state index in [9.17, 15) is 0 Å². The van der Waals surface area contributed by atoms with Crippen LogP contribution in [0, 0.1) is 6.92 Å². The average molecular weight is 392 g/mol. The molecule has 0 atom stereocenters. The summed E-state index contributed by atoms with van der Waals surface area (Å²) >= 11 is 6.31. The van der Waals surface area contributed by atoms with Crippen molar-refractivity contribution >= 4 is 28.5 Å². The first-order valence-electron chi connectivity index (χ1n) is 9.30. The molecule has 2 aromatic heterocycles. The number of fused-ring (bicyclic) bond motifs is 1. The van der Waals surface area contributed by atoms with E-state index in [4.69, 9.17) is 11.6 Å². The summed E-state index contributed by atoms with van der Waals surface area (Å²) in [5.74, 6) is 0.883. The number of rotatable bonds is 5. The first kappa shape index (κ1) is 18.4. The maximum Gasteiger partial charge on any atom is 0.168 e. The highest BCUT2D eigenvalue weighted by atomic mass is 35.5. The molecule has 0 amide bonds. The standard InChI is InChI=1S/C22H22ClN5/c1-15(2)27(13-17-7-5-4-6-8-17)21-19-12-26-28(22(19)25-14-24-21)18-10-9-16(3)20(23)11-18/h4-12,14-15H,13H2,1-3H3. The zero-order valence-electron chi connectivity index (χ0n) is 16.2. The highest BCUT2D eigenvalue weighted by molar-refractivity contribution is 6.31. The quantitative estimate of drug-likeness (QED) is 0.469. The molecule has 2 heterocycles. The molecule has 0 bridgehead atoms. The van der Waals surface area contributed by atoms with E-state index in [0.717, 1.165) is 34.6 Å². The molecule has 4 rings (SSSR count). The van der Waals surface area contributed by atoms with Crippen molar-refractivity contribution in [1.29, 1.82) is 0 Å². The van der Waals surface area contributed by atoms with E-state index in [2.05, 4.69) is 58.1 Å². The first-order valence-corrected chi connectivity index (χ1v) is 9.68. The summed E-state index contributed by atoms with van der Waals surface area (Å²) in [7, 11) is 0. The second kappa shape index (κ2) is 7.60. The molecule has 0 unspecified atom stereocenters. The Bertz CT molecular complexity index is 1100. The van der Waals surface area contributed by atoms with Gasteiger partial charge in [-0.3, -0.25) is 0 Å². The maximum atomic E-state index is 6.31. The van der Waals surface area contributed by atoms with Crippen LogP contribution in [0.5, 0.6) is 0 Å². The number of aryl methyl sites for hydroxylation is 1. The van der Waals surface area contributed by atoms with E-state index < -0.39 is 0 Å². The lowest BCUT2D eigenvalue weighted by Gasteiger charge is -2.28. The van der Waals surface area contributed by atoms with Gasteiger partial charge in [0.05, 0.1) is 17.3 Å². The second-order valence-corrected chi connectivity index (χ2v) is 7.54. The number of hydrogen-bond acceptors (Lipinski definition) is 4. The van der Waals surface area contributed by atoms with Crippen LogP contribution in [0.2, 0.25) is 5.02 Å². The number of anilines is 1. The van der Waals surface area contributed by atoms with Crippen LogP contribution in [-0.4, -0.2) is 25.8 Å². The Morgan fingerprint density at radius 3 is 2.57 bits per heavy atom. The highest BCUT2D eigenvalue weighted by Gasteiger charge is 2.19. The van der Waals surface area contributed by atoms with Crippen molar-refractivity contribution in [2.24, 2.45) is 0 Å². The molecule has 0 saturated heterocycles. The summed E-state index contributed by atoms with van der Waals surface area (Å²) in [5, 5.41) is 6.21. The monoisotopic (exact) mass is 391 g/mol. The number of hydrogen-bond donors (Lipinski definition) is 0. The molecule has 0 saturated carbocycles. The summed E-state index contributed by atoms with van der Waals surface area (Å²) in [6.07, 6.45) is 3.44. The van der Waals surface area contributed by atoms with Gasteiger partial charge in [0.15, 0.2) is 5.65 Å². The third kappa shape index (κ3) is 3.45. The summed E-state index contributed by atoms with van der Waals surface area (Å²) in [4.78, 5) is 11.4. The van der Waals surface area contributed by atoms with Crippen molar-refractivity contribution in [2.45, 2.75) is 33.4 Å². The fourth-order valence-electron chi connectivity index (χ4n) is 3.25. The van der Waals surface area contributed by atoms with Gasteiger partial charge in [-0.1, -0.05) is 48.0 Å². The molecule has 4 aromatic rings. The Balaban J connectivity index is 1.79.